The van der Waals surface area contributed by atoms with Crippen molar-refractivity contribution in [1.82, 2.24) is 20.9 Å². The number of rotatable bonds is 8. The number of guanidine groups is 1. The Bertz CT molecular complexity index is 603. The molecule has 1 aromatic rings. The molecular weight excluding hydrogens is 350 g/mol. The van der Waals surface area contributed by atoms with E-state index in [0.29, 0.717) is 19.5 Å². The van der Waals surface area contributed by atoms with Gasteiger partial charge in [0.1, 0.15) is 0 Å². The molecule has 0 saturated carbocycles. The van der Waals surface area contributed by atoms with Crippen molar-refractivity contribution >= 4 is 29.1 Å². The van der Waals surface area contributed by atoms with Crippen LogP contribution >= 0.6 is 11.3 Å². The fraction of sp³-hybridized carbons (Fsp3) is 0.611. The lowest BCUT2D eigenvalue weighted by Gasteiger charge is -2.18. The van der Waals surface area contributed by atoms with E-state index < -0.39 is 0 Å². The van der Waals surface area contributed by atoms with Crippen molar-refractivity contribution < 1.29 is 9.59 Å². The number of carbonyl (C=O) groups is 2. The number of aliphatic imine (C=N–C) groups is 1. The van der Waals surface area contributed by atoms with Gasteiger partial charge in [0.15, 0.2) is 5.96 Å². The third kappa shape index (κ3) is 6.33. The van der Waals surface area contributed by atoms with E-state index in [0.717, 1.165) is 43.3 Å². The summed E-state index contributed by atoms with van der Waals surface area (Å²) < 4.78 is 0. The van der Waals surface area contributed by atoms with Crippen LogP contribution < -0.4 is 16.0 Å². The highest BCUT2D eigenvalue weighted by Crippen LogP contribution is 2.10. The molecule has 1 fully saturated rings. The fourth-order valence-corrected chi connectivity index (χ4v) is 3.45. The molecule has 26 heavy (non-hydrogen) atoms. The van der Waals surface area contributed by atoms with E-state index in [2.05, 4.69) is 20.9 Å². The van der Waals surface area contributed by atoms with Gasteiger partial charge in [-0.25, -0.2) is 0 Å². The molecule has 144 valence electrons. The Kier molecular flexibility index (Phi) is 8.40. The van der Waals surface area contributed by atoms with E-state index in [9.17, 15) is 9.59 Å². The van der Waals surface area contributed by atoms with Crippen LogP contribution in [0.5, 0.6) is 0 Å². The first kappa shape index (κ1) is 20.2. The quantitative estimate of drug-likeness (QED) is 0.362. The molecule has 7 nitrogen and oxygen atoms in total. The molecule has 2 rings (SSSR count). The lowest BCUT2D eigenvalue weighted by atomic mass is 10.3. The van der Waals surface area contributed by atoms with Gasteiger partial charge >= 0.3 is 0 Å². The minimum Gasteiger partial charge on any atom is -0.357 e. The molecule has 0 aromatic carbocycles. The standard InChI is InChI=1S/C18H29N5O2S/c1-3-16(24)23-11-8-14(13-23)22-18(19-4-2)21-10-6-9-20-17(25)15-7-5-12-26-15/h5,7,12,14H,3-4,6,8-11,13H2,1-2H3,(H,20,25)(H2,19,21,22). The van der Waals surface area contributed by atoms with Gasteiger partial charge in [-0.1, -0.05) is 13.0 Å². The highest BCUT2D eigenvalue weighted by molar-refractivity contribution is 7.12. The first-order valence-corrected chi connectivity index (χ1v) is 10.2. The maximum atomic E-state index is 11.9. The summed E-state index contributed by atoms with van der Waals surface area (Å²) in [5, 5.41) is 11.4. The first-order valence-electron chi connectivity index (χ1n) is 9.28. The van der Waals surface area contributed by atoms with Crippen LogP contribution in [0.25, 0.3) is 0 Å². The highest BCUT2D eigenvalue weighted by atomic mass is 32.1. The molecule has 3 N–H and O–H groups in total. The van der Waals surface area contributed by atoms with Crippen LogP contribution in [-0.4, -0.2) is 61.4 Å². The molecule has 1 unspecified atom stereocenters. The van der Waals surface area contributed by atoms with Crippen LogP contribution in [-0.2, 0) is 4.79 Å². The predicted molar refractivity (Wildman–Crippen MR) is 106 cm³/mol. The zero-order chi connectivity index (χ0) is 18.8. The van der Waals surface area contributed by atoms with Crippen LogP contribution in [0.3, 0.4) is 0 Å². The Hall–Kier alpha value is -2.09. The maximum Gasteiger partial charge on any atom is 0.261 e. The molecular formula is C18H29N5O2S. The van der Waals surface area contributed by atoms with Gasteiger partial charge in [-0.15, -0.1) is 11.3 Å². The smallest absolute Gasteiger partial charge is 0.261 e. The van der Waals surface area contributed by atoms with Gasteiger partial charge in [0.2, 0.25) is 5.91 Å². The number of nitrogens with zero attached hydrogens (tertiary/aromatic N) is 2. The minimum atomic E-state index is -0.0272. The van der Waals surface area contributed by atoms with Gasteiger partial charge in [-0.2, -0.15) is 0 Å². The minimum absolute atomic E-state index is 0.0272. The number of amides is 2. The van der Waals surface area contributed by atoms with Crippen molar-refractivity contribution in [3.8, 4) is 0 Å². The lowest BCUT2D eigenvalue weighted by Crippen LogP contribution is -2.45. The third-order valence-corrected chi connectivity index (χ3v) is 5.03. The maximum absolute atomic E-state index is 11.9. The summed E-state index contributed by atoms with van der Waals surface area (Å²) in [6.45, 7) is 7.47. The summed E-state index contributed by atoms with van der Waals surface area (Å²) in [5.41, 5.74) is 0. The summed E-state index contributed by atoms with van der Waals surface area (Å²) >= 11 is 1.44. The average Bonchev–Trinajstić information content (AvgIpc) is 3.32. The number of hydrogen-bond acceptors (Lipinski definition) is 4. The molecule has 8 heteroatoms. The lowest BCUT2D eigenvalue weighted by molar-refractivity contribution is -0.129. The van der Waals surface area contributed by atoms with E-state index in [4.69, 9.17) is 0 Å². The molecule has 1 aliphatic rings. The molecule has 0 aliphatic carbocycles. The Balaban J connectivity index is 1.71. The van der Waals surface area contributed by atoms with Gasteiger partial charge in [0.25, 0.3) is 5.91 Å². The number of carbonyl (C=O) groups excluding carboxylic acids is 2. The Morgan fingerprint density at radius 1 is 1.35 bits per heavy atom. The summed E-state index contributed by atoms with van der Waals surface area (Å²) in [7, 11) is 0. The monoisotopic (exact) mass is 379 g/mol. The van der Waals surface area contributed by atoms with Crippen LogP contribution in [0.1, 0.15) is 42.8 Å². The molecule has 0 bridgehead atoms. The van der Waals surface area contributed by atoms with Crippen LogP contribution in [0.4, 0.5) is 0 Å². The molecule has 0 spiro atoms. The van der Waals surface area contributed by atoms with E-state index in [1.807, 2.05) is 36.3 Å². The predicted octanol–water partition coefficient (Wildman–Crippen LogP) is 1.43. The number of hydrogen-bond donors (Lipinski definition) is 3. The summed E-state index contributed by atoms with van der Waals surface area (Å²) in [6, 6.07) is 3.93. The van der Waals surface area contributed by atoms with Crippen LogP contribution in [0.2, 0.25) is 0 Å². The van der Waals surface area contributed by atoms with Crippen molar-refractivity contribution in [3.05, 3.63) is 22.4 Å². The molecule has 2 amide bonds. The van der Waals surface area contributed by atoms with E-state index in [1.165, 1.54) is 11.3 Å². The van der Waals surface area contributed by atoms with E-state index in [-0.39, 0.29) is 17.9 Å². The van der Waals surface area contributed by atoms with Crippen LogP contribution in [0, 0.1) is 0 Å². The number of likely N-dealkylation sites (tertiary alicyclic amines) is 1. The SMILES string of the molecule is CCNC(=NCCCNC(=O)c1cccs1)NC1CCN(C(=O)CC)C1. The second-order valence-corrected chi connectivity index (χ2v) is 7.12. The summed E-state index contributed by atoms with van der Waals surface area (Å²) in [4.78, 5) is 30.8. The molecule has 0 radical (unpaired) electrons. The van der Waals surface area contributed by atoms with Crippen molar-refractivity contribution in [1.29, 1.82) is 0 Å². The van der Waals surface area contributed by atoms with Gasteiger partial charge in [-0.3, -0.25) is 14.6 Å². The normalized spacial score (nSPS) is 17.2. The number of nitrogens with one attached hydrogen (secondary N) is 3. The topological polar surface area (TPSA) is 85.8 Å². The summed E-state index contributed by atoms with van der Waals surface area (Å²) in [6.07, 6.45) is 2.27. The van der Waals surface area contributed by atoms with Crippen molar-refractivity contribution in [3.63, 3.8) is 0 Å². The third-order valence-electron chi connectivity index (χ3n) is 4.16. The number of thiophene rings is 1. The van der Waals surface area contributed by atoms with Crippen molar-refractivity contribution in [2.24, 2.45) is 4.99 Å². The van der Waals surface area contributed by atoms with Crippen molar-refractivity contribution in [2.45, 2.75) is 39.2 Å². The molecule has 1 atom stereocenters. The second kappa shape index (κ2) is 10.8. The largest absolute Gasteiger partial charge is 0.357 e. The van der Waals surface area contributed by atoms with Gasteiger partial charge in [0, 0.05) is 45.2 Å². The zero-order valence-corrected chi connectivity index (χ0v) is 16.4. The van der Waals surface area contributed by atoms with E-state index >= 15 is 0 Å². The van der Waals surface area contributed by atoms with Crippen LogP contribution in [0.15, 0.2) is 22.5 Å². The molecule has 1 aliphatic heterocycles. The fourth-order valence-electron chi connectivity index (χ4n) is 2.81. The summed E-state index contributed by atoms with van der Waals surface area (Å²) in [5.74, 6) is 0.950. The van der Waals surface area contributed by atoms with Crippen molar-refractivity contribution in [2.75, 3.05) is 32.7 Å². The second-order valence-electron chi connectivity index (χ2n) is 6.17. The average molecular weight is 380 g/mol. The van der Waals surface area contributed by atoms with Gasteiger partial charge in [0.05, 0.1) is 4.88 Å². The molecule has 1 aromatic heterocycles. The Morgan fingerprint density at radius 2 is 2.19 bits per heavy atom. The first-order chi connectivity index (χ1) is 12.6. The molecule has 2 heterocycles. The highest BCUT2D eigenvalue weighted by Gasteiger charge is 2.25. The zero-order valence-electron chi connectivity index (χ0n) is 15.6. The molecule has 1 saturated heterocycles. The van der Waals surface area contributed by atoms with Gasteiger partial charge in [-0.05, 0) is 31.2 Å². The Labute approximate surface area is 159 Å². The van der Waals surface area contributed by atoms with Gasteiger partial charge < -0.3 is 20.9 Å². The Morgan fingerprint density at radius 3 is 2.88 bits per heavy atom. The van der Waals surface area contributed by atoms with E-state index in [1.54, 1.807) is 0 Å².